The molecule has 2 atom stereocenters. The molecule has 31 heavy (non-hydrogen) atoms. The molecule has 1 aliphatic carbocycles. The Balaban J connectivity index is 1.36. The molecule has 0 saturated heterocycles. The van der Waals surface area contributed by atoms with Gasteiger partial charge in [-0.15, -0.1) is 0 Å². The highest BCUT2D eigenvalue weighted by molar-refractivity contribution is 6.08. The first-order valence-corrected chi connectivity index (χ1v) is 10.1. The van der Waals surface area contributed by atoms with E-state index in [1.807, 2.05) is 42.5 Å². The molecule has 152 valence electrons. The Bertz CT molecular complexity index is 1240. The highest BCUT2D eigenvalue weighted by Crippen LogP contribution is 2.40. The number of carbonyl (C=O) groups is 2. The van der Waals surface area contributed by atoms with Crippen LogP contribution in [0.15, 0.2) is 91.5 Å². The zero-order valence-electron chi connectivity index (χ0n) is 16.7. The van der Waals surface area contributed by atoms with E-state index in [-0.39, 0.29) is 23.8 Å². The average Bonchev–Trinajstić information content (AvgIpc) is 3.61. The molecule has 2 aromatic heterocycles. The SMILES string of the molecule is O=C(Nc1ccc2cnccc2c1)C1CC1N(C(=O)c1ccccc1)c1ccncc1. The first kappa shape index (κ1) is 18.9. The number of anilines is 2. The number of aromatic nitrogens is 2. The summed E-state index contributed by atoms with van der Waals surface area (Å²) in [6, 6.07) is 20.2. The Labute approximate surface area is 179 Å². The van der Waals surface area contributed by atoms with E-state index in [2.05, 4.69) is 15.3 Å². The predicted molar refractivity (Wildman–Crippen MR) is 120 cm³/mol. The van der Waals surface area contributed by atoms with Gasteiger partial charge in [-0.25, -0.2) is 0 Å². The van der Waals surface area contributed by atoms with Crippen LogP contribution in [0.4, 0.5) is 11.4 Å². The van der Waals surface area contributed by atoms with Crippen LogP contribution in [0.2, 0.25) is 0 Å². The maximum Gasteiger partial charge on any atom is 0.258 e. The molecule has 6 nitrogen and oxygen atoms in total. The van der Waals surface area contributed by atoms with Gasteiger partial charge < -0.3 is 10.2 Å². The number of pyridine rings is 2. The summed E-state index contributed by atoms with van der Waals surface area (Å²) >= 11 is 0. The summed E-state index contributed by atoms with van der Waals surface area (Å²) in [5.41, 5.74) is 2.06. The van der Waals surface area contributed by atoms with Gasteiger partial charge in [0, 0.05) is 53.2 Å². The molecule has 0 radical (unpaired) electrons. The monoisotopic (exact) mass is 408 g/mol. The summed E-state index contributed by atoms with van der Waals surface area (Å²) in [5, 5.41) is 5.03. The predicted octanol–water partition coefficient (Wildman–Crippen LogP) is 4.30. The van der Waals surface area contributed by atoms with Gasteiger partial charge in [0.15, 0.2) is 0 Å². The van der Waals surface area contributed by atoms with Crippen molar-refractivity contribution in [2.45, 2.75) is 12.5 Å². The van der Waals surface area contributed by atoms with Crippen molar-refractivity contribution in [2.24, 2.45) is 5.92 Å². The second kappa shape index (κ2) is 7.99. The molecular weight excluding hydrogens is 388 g/mol. The van der Waals surface area contributed by atoms with Gasteiger partial charge >= 0.3 is 0 Å². The van der Waals surface area contributed by atoms with Crippen molar-refractivity contribution in [3.8, 4) is 0 Å². The molecule has 2 unspecified atom stereocenters. The zero-order chi connectivity index (χ0) is 21.2. The minimum atomic E-state index is -0.269. The Morgan fingerprint density at radius 1 is 0.871 bits per heavy atom. The van der Waals surface area contributed by atoms with Crippen LogP contribution in [0.25, 0.3) is 10.8 Å². The van der Waals surface area contributed by atoms with Gasteiger partial charge in [0.1, 0.15) is 0 Å². The lowest BCUT2D eigenvalue weighted by Gasteiger charge is -2.23. The zero-order valence-corrected chi connectivity index (χ0v) is 16.7. The third kappa shape index (κ3) is 3.88. The van der Waals surface area contributed by atoms with Gasteiger partial charge in [0.25, 0.3) is 5.91 Å². The molecule has 1 aliphatic rings. The fourth-order valence-electron chi connectivity index (χ4n) is 3.83. The summed E-state index contributed by atoms with van der Waals surface area (Å²) in [7, 11) is 0. The van der Waals surface area contributed by atoms with Gasteiger partial charge in [0.2, 0.25) is 5.91 Å². The second-order valence-corrected chi connectivity index (χ2v) is 7.58. The number of nitrogens with one attached hydrogen (secondary N) is 1. The number of benzene rings is 2. The second-order valence-electron chi connectivity index (χ2n) is 7.58. The molecule has 5 rings (SSSR count). The fraction of sp³-hybridized carbons (Fsp3) is 0.120. The van der Waals surface area contributed by atoms with E-state index in [1.54, 1.807) is 54.0 Å². The lowest BCUT2D eigenvalue weighted by molar-refractivity contribution is -0.117. The third-order valence-electron chi connectivity index (χ3n) is 5.51. The van der Waals surface area contributed by atoms with E-state index in [1.165, 1.54) is 0 Å². The van der Waals surface area contributed by atoms with Crippen LogP contribution in [-0.4, -0.2) is 27.8 Å². The topological polar surface area (TPSA) is 75.2 Å². The summed E-state index contributed by atoms with van der Waals surface area (Å²) in [6.07, 6.45) is 7.44. The Kier molecular flexibility index (Phi) is 4.88. The van der Waals surface area contributed by atoms with Crippen LogP contribution in [0, 0.1) is 5.92 Å². The molecular formula is C25H20N4O2. The smallest absolute Gasteiger partial charge is 0.258 e. The molecule has 1 N–H and O–H groups in total. The number of nitrogens with zero attached hydrogens (tertiary/aromatic N) is 3. The maximum absolute atomic E-state index is 13.3. The van der Waals surface area contributed by atoms with Crippen molar-refractivity contribution in [1.29, 1.82) is 0 Å². The molecule has 2 heterocycles. The van der Waals surface area contributed by atoms with Crippen LogP contribution in [0.3, 0.4) is 0 Å². The molecule has 2 aromatic carbocycles. The number of fused-ring (bicyclic) bond motifs is 1. The first-order valence-electron chi connectivity index (χ1n) is 10.1. The highest BCUT2D eigenvalue weighted by Gasteiger charge is 2.49. The van der Waals surface area contributed by atoms with Gasteiger partial charge in [-0.05, 0) is 54.3 Å². The third-order valence-corrected chi connectivity index (χ3v) is 5.51. The van der Waals surface area contributed by atoms with Crippen molar-refractivity contribution >= 4 is 34.0 Å². The van der Waals surface area contributed by atoms with Crippen molar-refractivity contribution in [3.63, 3.8) is 0 Å². The number of rotatable bonds is 5. The number of amides is 2. The maximum atomic E-state index is 13.3. The Morgan fingerprint density at radius 2 is 1.65 bits per heavy atom. The quantitative estimate of drug-likeness (QED) is 0.534. The molecule has 0 bridgehead atoms. The van der Waals surface area contributed by atoms with Crippen molar-refractivity contribution < 1.29 is 9.59 Å². The van der Waals surface area contributed by atoms with E-state index in [0.29, 0.717) is 12.0 Å². The minimum Gasteiger partial charge on any atom is -0.326 e. The molecule has 4 aromatic rings. The lowest BCUT2D eigenvalue weighted by Crippen LogP contribution is -2.35. The largest absolute Gasteiger partial charge is 0.326 e. The Morgan fingerprint density at radius 3 is 2.45 bits per heavy atom. The van der Waals surface area contributed by atoms with E-state index in [0.717, 1.165) is 22.1 Å². The van der Waals surface area contributed by atoms with E-state index >= 15 is 0 Å². The number of carbonyl (C=O) groups excluding carboxylic acids is 2. The van der Waals surface area contributed by atoms with Crippen LogP contribution >= 0.6 is 0 Å². The van der Waals surface area contributed by atoms with Crippen LogP contribution in [0.1, 0.15) is 16.8 Å². The first-order chi connectivity index (χ1) is 15.2. The van der Waals surface area contributed by atoms with E-state index < -0.39 is 0 Å². The highest BCUT2D eigenvalue weighted by atomic mass is 16.2. The Hall–Kier alpha value is -4.06. The molecule has 2 amide bonds. The van der Waals surface area contributed by atoms with Gasteiger partial charge in [-0.2, -0.15) is 0 Å². The van der Waals surface area contributed by atoms with E-state index in [9.17, 15) is 9.59 Å². The van der Waals surface area contributed by atoms with Crippen molar-refractivity contribution in [1.82, 2.24) is 9.97 Å². The minimum absolute atomic E-state index is 0.0849. The standard InChI is InChI=1S/C25H20N4O2/c30-24(28-20-7-6-19-16-27-11-8-18(19)14-20)22-15-23(22)29(21-9-12-26-13-10-21)25(31)17-4-2-1-3-5-17/h1-14,16,22-23H,15H2,(H,28,30). The molecule has 0 spiro atoms. The van der Waals surface area contributed by atoms with Crippen LogP contribution in [-0.2, 0) is 4.79 Å². The van der Waals surface area contributed by atoms with Crippen molar-refractivity contribution in [2.75, 3.05) is 10.2 Å². The fourth-order valence-corrected chi connectivity index (χ4v) is 3.83. The summed E-state index contributed by atoms with van der Waals surface area (Å²) in [6.45, 7) is 0. The molecule has 1 fully saturated rings. The van der Waals surface area contributed by atoms with Gasteiger partial charge in [-0.3, -0.25) is 19.6 Å². The van der Waals surface area contributed by atoms with Crippen LogP contribution < -0.4 is 10.2 Å². The summed E-state index contributed by atoms with van der Waals surface area (Å²) < 4.78 is 0. The van der Waals surface area contributed by atoms with Crippen molar-refractivity contribution in [3.05, 3.63) is 97.1 Å². The average molecular weight is 408 g/mol. The normalized spacial score (nSPS) is 17.2. The summed E-state index contributed by atoms with van der Waals surface area (Å²) in [4.78, 5) is 36.1. The number of hydrogen-bond donors (Lipinski definition) is 1. The van der Waals surface area contributed by atoms with Crippen LogP contribution in [0.5, 0.6) is 0 Å². The molecule has 0 aliphatic heterocycles. The van der Waals surface area contributed by atoms with Gasteiger partial charge in [0.05, 0.1) is 5.92 Å². The van der Waals surface area contributed by atoms with E-state index in [4.69, 9.17) is 0 Å². The molecule has 6 heteroatoms. The molecule has 1 saturated carbocycles. The summed E-state index contributed by atoms with van der Waals surface area (Å²) in [5.74, 6) is -0.474. The number of hydrogen-bond acceptors (Lipinski definition) is 4. The lowest BCUT2D eigenvalue weighted by atomic mass is 10.1. The van der Waals surface area contributed by atoms with Gasteiger partial charge in [-0.1, -0.05) is 24.3 Å².